The molecule has 0 fully saturated rings. The van der Waals surface area contributed by atoms with Crippen LogP contribution in [0.4, 0.5) is 0 Å². The molecule has 1 unspecified atom stereocenters. The van der Waals surface area contributed by atoms with Gasteiger partial charge in [0.05, 0.1) is 6.61 Å². The van der Waals surface area contributed by atoms with Gasteiger partial charge in [0.2, 0.25) is 0 Å². The highest BCUT2D eigenvalue weighted by molar-refractivity contribution is 9.10. The smallest absolute Gasteiger partial charge is 0.0620 e. The van der Waals surface area contributed by atoms with Crippen LogP contribution in [0.1, 0.15) is 18.9 Å². The third-order valence-corrected chi connectivity index (χ3v) is 2.37. The third-order valence-electron chi connectivity index (χ3n) is 1.94. The molecule has 15 heavy (non-hydrogen) atoms. The Labute approximate surface area is 99.2 Å². The Balaban J connectivity index is 2.34. The summed E-state index contributed by atoms with van der Waals surface area (Å²) in [6.45, 7) is 3.48. The van der Waals surface area contributed by atoms with Crippen molar-refractivity contribution < 1.29 is 4.74 Å². The summed E-state index contributed by atoms with van der Waals surface area (Å²) in [6, 6.07) is 2.08. The van der Waals surface area contributed by atoms with E-state index in [1.165, 1.54) is 0 Å². The van der Waals surface area contributed by atoms with Gasteiger partial charge in [0.1, 0.15) is 0 Å². The first-order valence-electron chi connectivity index (χ1n) is 5.15. The van der Waals surface area contributed by atoms with Crippen molar-refractivity contribution in [3.63, 3.8) is 0 Å². The van der Waals surface area contributed by atoms with Gasteiger partial charge < -0.3 is 10.5 Å². The van der Waals surface area contributed by atoms with Crippen molar-refractivity contribution in [2.24, 2.45) is 5.73 Å². The highest BCUT2D eigenvalue weighted by Crippen LogP contribution is 2.10. The van der Waals surface area contributed by atoms with Crippen molar-refractivity contribution in [2.75, 3.05) is 13.2 Å². The molecule has 0 saturated heterocycles. The van der Waals surface area contributed by atoms with Crippen LogP contribution in [0, 0.1) is 0 Å². The summed E-state index contributed by atoms with van der Waals surface area (Å²) < 4.78 is 6.38. The molecule has 1 aromatic heterocycles. The maximum absolute atomic E-state index is 5.93. The Hall–Kier alpha value is -0.450. The Morgan fingerprint density at radius 3 is 3.00 bits per heavy atom. The largest absolute Gasteiger partial charge is 0.380 e. The molecule has 1 heterocycles. The molecule has 0 aliphatic heterocycles. The lowest BCUT2D eigenvalue weighted by molar-refractivity contribution is 0.121. The first-order chi connectivity index (χ1) is 7.22. The van der Waals surface area contributed by atoms with E-state index in [9.17, 15) is 0 Å². The number of hydrogen-bond acceptors (Lipinski definition) is 3. The van der Waals surface area contributed by atoms with Crippen LogP contribution in [0.15, 0.2) is 22.9 Å². The lowest BCUT2D eigenvalue weighted by Crippen LogP contribution is -2.28. The van der Waals surface area contributed by atoms with E-state index in [4.69, 9.17) is 10.5 Å². The van der Waals surface area contributed by atoms with Gasteiger partial charge in [0.15, 0.2) is 0 Å². The summed E-state index contributed by atoms with van der Waals surface area (Å²) in [7, 11) is 0. The predicted octanol–water partition coefficient (Wildman–Crippen LogP) is 2.14. The van der Waals surface area contributed by atoms with E-state index >= 15 is 0 Å². The molecular weight excluding hydrogens is 256 g/mol. The quantitative estimate of drug-likeness (QED) is 0.808. The maximum atomic E-state index is 5.93. The van der Waals surface area contributed by atoms with E-state index in [1.807, 2.05) is 12.3 Å². The molecule has 0 bridgehead atoms. The van der Waals surface area contributed by atoms with E-state index in [0.717, 1.165) is 29.5 Å². The highest BCUT2D eigenvalue weighted by atomic mass is 79.9. The van der Waals surface area contributed by atoms with E-state index in [1.54, 1.807) is 6.20 Å². The number of halogens is 1. The molecule has 2 N–H and O–H groups in total. The fourth-order valence-electron chi connectivity index (χ4n) is 1.31. The van der Waals surface area contributed by atoms with Crippen molar-refractivity contribution in [1.82, 2.24) is 4.98 Å². The van der Waals surface area contributed by atoms with Gasteiger partial charge in [0.25, 0.3) is 0 Å². The fraction of sp³-hybridized carbons (Fsp3) is 0.545. The lowest BCUT2D eigenvalue weighted by Gasteiger charge is -2.11. The van der Waals surface area contributed by atoms with Gasteiger partial charge in [-0.05, 0) is 40.4 Å². The molecule has 1 aromatic rings. The molecule has 3 nitrogen and oxygen atoms in total. The second-order valence-corrected chi connectivity index (χ2v) is 4.47. The van der Waals surface area contributed by atoms with Crippen LogP contribution in [0.2, 0.25) is 0 Å². The van der Waals surface area contributed by atoms with Gasteiger partial charge >= 0.3 is 0 Å². The topological polar surface area (TPSA) is 48.1 Å². The summed E-state index contributed by atoms with van der Waals surface area (Å²) in [4.78, 5) is 4.09. The number of pyridine rings is 1. The number of aromatic nitrogens is 1. The number of ether oxygens (including phenoxy) is 1. The predicted molar refractivity (Wildman–Crippen MR) is 64.7 cm³/mol. The van der Waals surface area contributed by atoms with Crippen molar-refractivity contribution in [3.05, 3.63) is 28.5 Å². The summed E-state index contributed by atoms with van der Waals surface area (Å²) in [5, 5.41) is 0. The number of hydrogen-bond donors (Lipinski definition) is 1. The van der Waals surface area contributed by atoms with Crippen LogP contribution >= 0.6 is 15.9 Å². The minimum atomic E-state index is 0.0487. The molecule has 0 saturated carbocycles. The molecule has 1 atom stereocenters. The van der Waals surface area contributed by atoms with Gasteiger partial charge in [-0.2, -0.15) is 0 Å². The van der Waals surface area contributed by atoms with Crippen molar-refractivity contribution >= 4 is 15.9 Å². The number of nitrogens with zero attached hydrogens (tertiary/aromatic N) is 1. The van der Waals surface area contributed by atoms with Crippen LogP contribution < -0.4 is 5.73 Å². The van der Waals surface area contributed by atoms with Crippen LogP contribution in [-0.4, -0.2) is 24.2 Å². The normalized spacial score (nSPS) is 12.7. The average molecular weight is 273 g/mol. The summed E-state index contributed by atoms with van der Waals surface area (Å²) in [6.07, 6.45) is 5.44. The van der Waals surface area contributed by atoms with Crippen LogP contribution in [0.3, 0.4) is 0 Å². The molecule has 0 radical (unpaired) electrons. The third kappa shape index (κ3) is 5.25. The van der Waals surface area contributed by atoms with E-state index < -0.39 is 0 Å². The van der Waals surface area contributed by atoms with Crippen LogP contribution in [0.25, 0.3) is 0 Å². The second kappa shape index (κ2) is 6.93. The van der Waals surface area contributed by atoms with Gasteiger partial charge in [-0.25, -0.2) is 0 Å². The highest BCUT2D eigenvalue weighted by Gasteiger charge is 2.04. The molecule has 0 aliphatic carbocycles. The van der Waals surface area contributed by atoms with Gasteiger partial charge in [0, 0.05) is 29.5 Å². The van der Waals surface area contributed by atoms with E-state index in [-0.39, 0.29) is 6.04 Å². The SMILES string of the molecule is CCCOCC(N)Cc1cncc(Br)c1. The summed E-state index contributed by atoms with van der Waals surface area (Å²) in [5.41, 5.74) is 7.06. The molecule has 1 rings (SSSR count). The van der Waals surface area contributed by atoms with E-state index in [2.05, 4.69) is 27.8 Å². The molecule has 0 aliphatic rings. The van der Waals surface area contributed by atoms with E-state index in [0.29, 0.717) is 6.61 Å². The van der Waals surface area contributed by atoms with Crippen molar-refractivity contribution in [3.8, 4) is 0 Å². The standard InChI is InChI=1S/C11H17BrN2O/c1-2-3-15-8-11(13)5-9-4-10(12)7-14-6-9/h4,6-7,11H,2-3,5,8,13H2,1H3. The Morgan fingerprint density at radius 1 is 1.53 bits per heavy atom. The minimum Gasteiger partial charge on any atom is -0.380 e. The molecule has 0 aromatic carbocycles. The zero-order valence-corrected chi connectivity index (χ0v) is 10.5. The second-order valence-electron chi connectivity index (χ2n) is 3.55. The van der Waals surface area contributed by atoms with Crippen molar-refractivity contribution in [1.29, 1.82) is 0 Å². The monoisotopic (exact) mass is 272 g/mol. The first-order valence-corrected chi connectivity index (χ1v) is 5.94. The first kappa shape index (κ1) is 12.6. The summed E-state index contributed by atoms with van der Waals surface area (Å²) >= 11 is 3.38. The van der Waals surface area contributed by atoms with Gasteiger partial charge in [-0.1, -0.05) is 6.92 Å². The molecule has 84 valence electrons. The van der Waals surface area contributed by atoms with Gasteiger partial charge in [-0.15, -0.1) is 0 Å². The van der Waals surface area contributed by atoms with Crippen LogP contribution in [-0.2, 0) is 11.2 Å². The Bertz CT molecular complexity index is 294. The zero-order valence-electron chi connectivity index (χ0n) is 8.95. The van der Waals surface area contributed by atoms with Crippen molar-refractivity contribution in [2.45, 2.75) is 25.8 Å². The molecule has 4 heteroatoms. The lowest BCUT2D eigenvalue weighted by atomic mass is 10.1. The Morgan fingerprint density at radius 2 is 2.33 bits per heavy atom. The summed E-state index contributed by atoms with van der Waals surface area (Å²) in [5.74, 6) is 0. The molecule has 0 spiro atoms. The maximum Gasteiger partial charge on any atom is 0.0620 e. The molecule has 0 amide bonds. The minimum absolute atomic E-state index is 0.0487. The Kier molecular flexibility index (Phi) is 5.83. The number of rotatable bonds is 6. The molecular formula is C11H17BrN2O. The number of nitrogens with two attached hydrogens (primary N) is 1. The average Bonchev–Trinajstić information content (AvgIpc) is 2.18. The fourth-order valence-corrected chi connectivity index (χ4v) is 1.72. The zero-order chi connectivity index (χ0) is 11.1. The van der Waals surface area contributed by atoms with Crippen LogP contribution in [0.5, 0.6) is 0 Å². The van der Waals surface area contributed by atoms with Gasteiger partial charge in [-0.3, -0.25) is 4.98 Å².